The van der Waals surface area contributed by atoms with Gasteiger partial charge in [-0.2, -0.15) is 4.31 Å². The summed E-state index contributed by atoms with van der Waals surface area (Å²) in [6, 6.07) is 3.24. The van der Waals surface area contributed by atoms with Crippen molar-refractivity contribution in [3.8, 4) is 0 Å². The van der Waals surface area contributed by atoms with Crippen LogP contribution in [0.5, 0.6) is 0 Å². The Morgan fingerprint density at radius 3 is 2.48 bits per heavy atom. The first-order valence-electron chi connectivity index (χ1n) is 6.74. The summed E-state index contributed by atoms with van der Waals surface area (Å²) in [6.07, 6.45) is 3.81. The summed E-state index contributed by atoms with van der Waals surface area (Å²) >= 11 is 4.41. The summed E-state index contributed by atoms with van der Waals surface area (Å²) in [7, 11) is -2.15. The fourth-order valence-electron chi connectivity index (χ4n) is 2.92. The molecule has 1 saturated carbocycles. The zero-order valence-corrected chi connectivity index (χ0v) is 14.9. The van der Waals surface area contributed by atoms with E-state index in [0.717, 1.165) is 34.4 Å². The van der Waals surface area contributed by atoms with Crippen LogP contribution in [0.25, 0.3) is 0 Å². The Morgan fingerprint density at radius 2 is 2.00 bits per heavy atom. The van der Waals surface area contributed by atoms with Crippen molar-refractivity contribution in [3.05, 3.63) is 15.9 Å². The Bertz CT molecular complexity index is 620. The number of rotatable bonds is 5. The van der Waals surface area contributed by atoms with Crippen molar-refractivity contribution >= 4 is 43.3 Å². The number of hydrogen-bond acceptors (Lipinski definition) is 4. The average molecular weight is 396 g/mol. The number of halogens is 1. The van der Waals surface area contributed by atoms with Crippen LogP contribution in [0.4, 0.5) is 0 Å². The summed E-state index contributed by atoms with van der Waals surface area (Å²) in [4.78, 5) is 11.2. The molecule has 0 amide bonds. The molecule has 1 aliphatic rings. The molecule has 2 rings (SSSR count). The van der Waals surface area contributed by atoms with Gasteiger partial charge in [-0.25, -0.2) is 8.42 Å². The highest BCUT2D eigenvalue weighted by Crippen LogP contribution is 2.40. The van der Waals surface area contributed by atoms with E-state index < -0.39 is 21.5 Å². The second kappa shape index (κ2) is 6.36. The lowest BCUT2D eigenvalue weighted by Crippen LogP contribution is -2.51. The van der Waals surface area contributed by atoms with Gasteiger partial charge in [-0.05, 0) is 40.9 Å². The van der Waals surface area contributed by atoms with E-state index in [1.165, 1.54) is 11.4 Å². The molecule has 0 aliphatic heterocycles. The molecule has 0 saturated heterocycles. The van der Waals surface area contributed by atoms with Gasteiger partial charge in [0.15, 0.2) is 0 Å². The molecule has 1 fully saturated rings. The summed E-state index contributed by atoms with van der Waals surface area (Å²) in [5, 5.41) is 9.19. The summed E-state index contributed by atoms with van der Waals surface area (Å²) < 4.78 is 27.8. The van der Waals surface area contributed by atoms with Crippen molar-refractivity contribution in [2.75, 3.05) is 7.05 Å². The molecular weight excluding hydrogens is 378 g/mol. The molecule has 1 aromatic heterocycles. The number of nitrogens with zero attached hydrogens (tertiary/aromatic N) is 1. The van der Waals surface area contributed by atoms with Gasteiger partial charge in [0.1, 0.15) is 4.21 Å². The zero-order chi connectivity index (χ0) is 15.7. The van der Waals surface area contributed by atoms with Crippen LogP contribution in [-0.2, 0) is 14.8 Å². The molecule has 5 nitrogen and oxygen atoms in total. The lowest BCUT2D eigenvalue weighted by molar-refractivity contribution is -0.140. The number of sulfonamides is 1. The highest BCUT2D eigenvalue weighted by Gasteiger charge is 2.44. The molecule has 0 atom stereocenters. The van der Waals surface area contributed by atoms with Crippen LogP contribution < -0.4 is 0 Å². The molecule has 0 radical (unpaired) electrons. The van der Waals surface area contributed by atoms with Crippen molar-refractivity contribution in [3.63, 3.8) is 0 Å². The van der Waals surface area contributed by atoms with Gasteiger partial charge in [0.25, 0.3) is 10.0 Å². The average Bonchev–Trinajstić information content (AvgIpc) is 2.85. The molecule has 1 aliphatic carbocycles. The Hall–Kier alpha value is -0.440. The third-order valence-electron chi connectivity index (χ3n) is 4.10. The molecule has 0 aromatic carbocycles. The van der Waals surface area contributed by atoms with Gasteiger partial charge in [-0.1, -0.05) is 19.3 Å². The van der Waals surface area contributed by atoms with Gasteiger partial charge >= 0.3 is 5.97 Å². The lowest BCUT2D eigenvalue weighted by atomic mass is 9.79. The fourth-order valence-corrected chi connectivity index (χ4v) is 6.65. The number of hydrogen-bond donors (Lipinski definition) is 1. The second-order valence-corrected chi connectivity index (χ2v) is 10.0. The number of carbonyl (C=O) groups is 1. The van der Waals surface area contributed by atoms with Crippen LogP contribution in [0.2, 0.25) is 0 Å². The van der Waals surface area contributed by atoms with Gasteiger partial charge < -0.3 is 5.11 Å². The van der Waals surface area contributed by atoms with E-state index >= 15 is 0 Å². The maximum absolute atomic E-state index is 12.8. The molecule has 8 heteroatoms. The van der Waals surface area contributed by atoms with Crippen molar-refractivity contribution in [1.82, 2.24) is 4.31 Å². The Kier molecular flexibility index (Phi) is 5.12. The zero-order valence-electron chi connectivity index (χ0n) is 11.7. The fraction of sp³-hybridized carbons (Fsp3) is 0.615. The normalized spacial score (nSPS) is 18.8. The molecule has 0 unspecified atom stereocenters. The highest BCUT2D eigenvalue weighted by molar-refractivity contribution is 9.11. The van der Waals surface area contributed by atoms with Crippen molar-refractivity contribution < 1.29 is 18.3 Å². The quantitative estimate of drug-likeness (QED) is 0.829. The molecular formula is C13H18BrNO4S2. The second-order valence-electron chi connectivity index (χ2n) is 5.39. The monoisotopic (exact) mass is 395 g/mol. The van der Waals surface area contributed by atoms with E-state index in [-0.39, 0.29) is 10.6 Å². The predicted octanol–water partition coefficient (Wildman–Crippen LogP) is 3.31. The number of aliphatic carboxylic acids is 1. The van der Waals surface area contributed by atoms with Gasteiger partial charge in [0.05, 0.1) is 10.2 Å². The van der Waals surface area contributed by atoms with Crippen LogP contribution in [-0.4, -0.2) is 36.4 Å². The minimum absolute atomic E-state index is 0.144. The van der Waals surface area contributed by atoms with Gasteiger partial charge in [0, 0.05) is 12.6 Å². The van der Waals surface area contributed by atoms with E-state index in [4.69, 9.17) is 0 Å². The molecule has 118 valence electrons. The van der Waals surface area contributed by atoms with E-state index in [1.807, 2.05) is 0 Å². The van der Waals surface area contributed by atoms with Crippen LogP contribution in [0.15, 0.2) is 20.1 Å². The first-order chi connectivity index (χ1) is 9.78. The Balaban J connectivity index is 2.37. The van der Waals surface area contributed by atoms with Crippen LogP contribution in [0, 0.1) is 0 Å². The summed E-state index contributed by atoms with van der Waals surface area (Å²) in [5.41, 5.74) is -0.806. The third-order valence-corrected chi connectivity index (χ3v) is 8.15. The van der Waals surface area contributed by atoms with Gasteiger partial charge in [-0.15, -0.1) is 11.3 Å². The topological polar surface area (TPSA) is 74.7 Å². The smallest absolute Gasteiger partial charge is 0.305 e. The first-order valence-corrected chi connectivity index (χ1v) is 9.79. The SMILES string of the molecule is CN(C1(CC(=O)O)CCCCC1)S(=O)(=O)c1ccc(Br)s1. The summed E-state index contributed by atoms with van der Waals surface area (Å²) in [6.45, 7) is 0. The van der Waals surface area contributed by atoms with E-state index in [9.17, 15) is 18.3 Å². The van der Waals surface area contributed by atoms with Crippen LogP contribution in [0.1, 0.15) is 38.5 Å². The van der Waals surface area contributed by atoms with Gasteiger partial charge in [-0.3, -0.25) is 4.79 Å². The number of thiophene rings is 1. The van der Waals surface area contributed by atoms with Crippen molar-refractivity contribution in [2.24, 2.45) is 0 Å². The van der Waals surface area contributed by atoms with Crippen molar-refractivity contribution in [1.29, 1.82) is 0 Å². The van der Waals surface area contributed by atoms with Gasteiger partial charge in [0.2, 0.25) is 0 Å². The number of carboxylic acid groups (broad SMARTS) is 1. The summed E-state index contributed by atoms with van der Waals surface area (Å²) in [5.74, 6) is -0.952. The minimum atomic E-state index is -3.66. The molecule has 0 bridgehead atoms. The predicted molar refractivity (Wildman–Crippen MR) is 85.0 cm³/mol. The van der Waals surface area contributed by atoms with Crippen LogP contribution >= 0.6 is 27.3 Å². The Morgan fingerprint density at radius 1 is 1.38 bits per heavy atom. The lowest BCUT2D eigenvalue weighted by Gasteiger charge is -2.42. The van der Waals surface area contributed by atoms with E-state index in [1.54, 1.807) is 12.1 Å². The maximum Gasteiger partial charge on any atom is 0.305 e. The Labute approximate surface area is 137 Å². The molecule has 1 aromatic rings. The van der Waals surface area contributed by atoms with E-state index in [2.05, 4.69) is 15.9 Å². The molecule has 1 N–H and O–H groups in total. The highest BCUT2D eigenvalue weighted by atomic mass is 79.9. The largest absolute Gasteiger partial charge is 0.481 e. The first kappa shape index (κ1) is 16.9. The van der Waals surface area contributed by atoms with Crippen LogP contribution in [0.3, 0.4) is 0 Å². The standard InChI is InChI=1S/C13H18BrNO4S2/c1-15(21(18,19)12-6-5-10(14)20-12)13(9-11(16)17)7-3-2-4-8-13/h5-6H,2-4,7-9H2,1H3,(H,16,17). The van der Waals surface area contributed by atoms with Crippen molar-refractivity contribution in [2.45, 2.75) is 48.3 Å². The van der Waals surface area contributed by atoms with E-state index in [0.29, 0.717) is 12.8 Å². The molecule has 1 heterocycles. The third kappa shape index (κ3) is 3.49. The minimum Gasteiger partial charge on any atom is -0.481 e. The molecule has 21 heavy (non-hydrogen) atoms. The number of carboxylic acids is 1. The maximum atomic E-state index is 12.8. The molecule has 0 spiro atoms.